The SMILES string of the molecule is CC(C)N1CCOCC2(CCCN(C(=O)c3ccc4cc[nH]c4c3)C2)C1. The molecule has 1 unspecified atom stereocenters. The molecule has 1 N–H and O–H groups in total. The summed E-state index contributed by atoms with van der Waals surface area (Å²) in [6.45, 7) is 9.67. The van der Waals surface area contributed by atoms with Gasteiger partial charge in [-0.15, -0.1) is 0 Å². The Balaban J connectivity index is 1.54. The third kappa shape index (κ3) is 3.38. The molecule has 5 heteroatoms. The van der Waals surface area contributed by atoms with Crippen LogP contribution in [0.4, 0.5) is 0 Å². The largest absolute Gasteiger partial charge is 0.379 e. The highest BCUT2D eigenvalue weighted by molar-refractivity contribution is 5.98. The molecule has 1 spiro atoms. The Morgan fingerprint density at radius 3 is 2.96 bits per heavy atom. The van der Waals surface area contributed by atoms with Crippen LogP contribution in [0.1, 0.15) is 37.0 Å². The molecule has 0 saturated carbocycles. The van der Waals surface area contributed by atoms with Crippen LogP contribution in [-0.4, -0.2) is 66.1 Å². The molecule has 1 aromatic heterocycles. The van der Waals surface area contributed by atoms with E-state index in [9.17, 15) is 4.79 Å². The monoisotopic (exact) mass is 355 g/mol. The number of likely N-dealkylation sites (tertiary alicyclic amines) is 1. The van der Waals surface area contributed by atoms with Crippen molar-refractivity contribution in [2.24, 2.45) is 5.41 Å². The van der Waals surface area contributed by atoms with Crippen LogP contribution in [0.25, 0.3) is 10.9 Å². The Kier molecular flexibility index (Phi) is 4.76. The number of carbonyl (C=O) groups excluding carboxylic acids is 1. The molecule has 2 aromatic rings. The number of piperidine rings is 1. The van der Waals surface area contributed by atoms with Crippen LogP contribution in [0.5, 0.6) is 0 Å². The highest BCUT2D eigenvalue weighted by Gasteiger charge is 2.40. The fourth-order valence-corrected chi connectivity index (χ4v) is 4.46. The molecule has 1 amide bonds. The number of hydrogen-bond acceptors (Lipinski definition) is 3. The van der Waals surface area contributed by atoms with Crippen LogP contribution < -0.4 is 0 Å². The van der Waals surface area contributed by atoms with Gasteiger partial charge in [0, 0.05) is 54.9 Å². The van der Waals surface area contributed by atoms with Gasteiger partial charge in [-0.25, -0.2) is 0 Å². The van der Waals surface area contributed by atoms with Gasteiger partial charge in [0.2, 0.25) is 0 Å². The van der Waals surface area contributed by atoms with Gasteiger partial charge < -0.3 is 14.6 Å². The van der Waals surface area contributed by atoms with Crippen molar-refractivity contribution in [2.75, 3.05) is 39.4 Å². The summed E-state index contributed by atoms with van der Waals surface area (Å²) in [4.78, 5) is 20.9. The van der Waals surface area contributed by atoms with Crippen LogP contribution in [-0.2, 0) is 4.74 Å². The van der Waals surface area contributed by atoms with E-state index in [0.29, 0.717) is 6.04 Å². The van der Waals surface area contributed by atoms with Gasteiger partial charge in [0.25, 0.3) is 5.91 Å². The lowest BCUT2D eigenvalue weighted by atomic mass is 9.79. The molecule has 140 valence electrons. The van der Waals surface area contributed by atoms with E-state index >= 15 is 0 Å². The van der Waals surface area contributed by atoms with E-state index in [0.717, 1.165) is 68.7 Å². The van der Waals surface area contributed by atoms with Crippen LogP contribution in [0.3, 0.4) is 0 Å². The summed E-state index contributed by atoms with van der Waals surface area (Å²) in [5, 5.41) is 1.14. The van der Waals surface area contributed by atoms with E-state index in [1.807, 2.05) is 35.4 Å². The second kappa shape index (κ2) is 7.05. The zero-order valence-corrected chi connectivity index (χ0v) is 15.8. The van der Waals surface area contributed by atoms with Gasteiger partial charge in [-0.3, -0.25) is 9.69 Å². The lowest BCUT2D eigenvalue weighted by molar-refractivity contribution is 0.00573. The number of rotatable bonds is 2. The zero-order valence-electron chi connectivity index (χ0n) is 15.8. The summed E-state index contributed by atoms with van der Waals surface area (Å²) in [5.74, 6) is 0.140. The van der Waals surface area contributed by atoms with Crippen molar-refractivity contribution in [1.29, 1.82) is 0 Å². The van der Waals surface area contributed by atoms with Crippen molar-refractivity contribution in [3.63, 3.8) is 0 Å². The number of aromatic nitrogens is 1. The maximum absolute atomic E-state index is 13.2. The minimum atomic E-state index is 0.0607. The fourth-order valence-electron chi connectivity index (χ4n) is 4.46. The molecule has 2 fully saturated rings. The number of nitrogens with zero attached hydrogens (tertiary/aromatic N) is 2. The van der Waals surface area contributed by atoms with Crippen LogP contribution in [0.15, 0.2) is 30.5 Å². The van der Waals surface area contributed by atoms with Gasteiger partial charge in [0.15, 0.2) is 0 Å². The number of H-pyrrole nitrogens is 1. The highest BCUT2D eigenvalue weighted by atomic mass is 16.5. The van der Waals surface area contributed by atoms with Crippen molar-refractivity contribution >= 4 is 16.8 Å². The average Bonchev–Trinajstić information content (AvgIpc) is 3.02. The first-order chi connectivity index (χ1) is 12.6. The Hall–Kier alpha value is -1.85. The second-order valence-electron chi connectivity index (χ2n) is 8.23. The van der Waals surface area contributed by atoms with Crippen molar-refractivity contribution < 1.29 is 9.53 Å². The van der Waals surface area contributed by atoms with Gasteiger partial charge in [-0.05, 0) is 50.3 Å². The van der Waals surface area contributed by atoms with Crippen LogP contribution >= 0.6 is 0 Å². The molecule has 2 aliphatic heterocycles. The Labute approximate surface area is 155 Å². The van der Waals surface area contributed by atoms with Gasteiger partial charge in [0.05, 0.1) is 13.2 Å². The number of aromatic amines is 1. The van der Waals surface area contributed by atoms with Crippen molar-refractivity contribution in [3.05, 3.63) is 36.0 Å². The summed E-state index contributed by atoms with van der Waals surface area (Å²) in [7, 11) is 0. The van der Waals surface area contributed by atoms with Crippen LogP contribution in [0, 0.1) is 5.41 Å². The predicted octanol–water partition coefficient (Wildman–Crippen LogP) is 3.13. The Morgan fingerprint density at radius 1 is 1.23 bits per heavy atom. The zero-order chi connectivity index (χ0) is 18.1. The summed E-state index contributed by atoms with van der Waals surface area (Å²) < 4.78 is 5.96. The first-order valence-electron chi connectivity index (χ1n) is 9.75. The smallest absolute Gasteiger partial charge is 0.253 e. The predicted molar refractivity (Wildman–Crippen MR) is 103 cm³/mol. The minimum Gasteiger partial charge on any atom is -0.379 e. The normalized spacial score (nSPS) is 25.1. The number of benzene rings is 1. The molecule has 1 atom stereocenters. The average molecular weight is 355 g/mol. The maximum Gasteiger partial charge on any atom is 0.253 e. The molecular weight excluding hydrogens is 326 g/mol. The summed E-state index contributed by atoms with van der Waals surface area (Å²) in [6.07, 6.45) is 4.10. The maximum atomic E-state index is 13.2. The molecule has 26 heavy (non-hydrogen) atoms. The van der Waals surface area contributed by atoms with Crippen molar-refractivity contribution in [3.8, 4) is 0 Å². The first-order valence-corrected chi connectivity index (χ1v) is 9.75. The number of ether oxygens (including phenoxy) is 1. The van der Waals surface area contributed by atoms with E-state index in [-0.39, 0.29) is 11.3 Å². The molecule has 0 radical (unpaired) electrons. The third-order valence-corrected chi connectivity index (χ3v) is 5.95. The molecule has 0 bridgehead atoms. The summed E-state index contributed by atoms with van der Waals surface area (Å²) in [6, 6.07) is 8.49. The number of fused-ring (bicyclic) bond motifs is 1. The number of carbonyl (C=O) groups is 1. The topological polar surface area (TPSA) is 48.6 Å². The van der Waals surface area contributed by atoms with Crippen LogP contribution in [0.2, 0.25) is 0 Å². The summed E-state index contributed by atoms with van der Waals surface area (Å²) in [5.41, 5.74) is 1.85. The number of hydrogen-bond donors (Lipinski definition) is 1. The third-order valence-electron chi connectivity index (χ3n) is 5.95. The number of amides is 1. The second-order valence-corrected chi connectivity index (χ2v) is 8.23. The molecule has 2 saturated heterocycles. The lowest BCUT2D eigenvalue weighted by Crippen LogP contribution is -2.53. The Bertz CT molecular complexity index is 784. The molecule has 1 aromatic carbocycles. The fraction of sp³-hybridized carbons (Fsp3) is 0.571. The van der Waals surface area contributed by atoms with E-state index in [1.54, 1.807) is 0 Å². The standard InChI is InChI=1S/C21H29N3O2/c1-16(2)23-10-11-26-15-21(13-23)7-3-9-24(14-21)20(25)18-5-4-17-6-8-22-19(17)12-18/h4-6,8,12,16,22H,3,7,9-11,13-15H2,1-2H3. The van der Waals surface area contributed by atoms with E-state index in [1.165, 1.54) is 0 Å². The van der Waals surface area contributed by atoms with Gasteiger partial charge >= 0.3 is 0 Å². The van der Waals surface area contributed by atoms with Gasteiger partial charge in [0.1, 0.15) is 0 Å². The highest BCUT2D eigenvalue weighted by Crippen LogP contribution is 2.34. The summed E-state index contributed by atoms with van der Waals surface area (Å²) >= 11 is 0. The lowest BCUT2D eigenvalue weighted by Gasteiger charge is -2.44. The quantitative estimate of drug-likeness (QED) is 0.900. The number of nitrogens with one attached hydrogen (secondary N) is 1. The van der Waals surface area contributed by atoms with Crippen molar-refractivity contribution in [1.82, 2.24) is 14.8 Å². The minimum absolute atomic E-state index is 0.0607. The molecular formula is C21H29N3O2. The molecule has 0 aliphatic carbocycles. The first kappa shape index (κ1) is 17.6. The van der Waals surface area contributed by atoms with E-state index in [2.05, 4.69) is 23.7 Å². The molecule has 3 heterocycles. The van der Waals surface area contributed by atoms with Gasteiger partial charge in [-0.2, -0.15) is 0 Å². The molecule has 5 nitrogen and oxygen atoms in total. The van der Waals surface area contributed by atoms with Crippen molar-refractivity contribution in [2.45, 2.75) is 32.7 Å². The molecule has 4 rings (SSSR count). The van der Waals surface area contributed by atoms with E-state index < -0.39 is 0 Å². The van der Waals surface area contributed by atoms with Gasteiger partial charge in [-0.1, -0.05) is 6.07 Å². The Morgan fingerprint density at radius 2 is 2.12 bits per heavy atom. The van der Waals surface area contributed by atoms with E-state index in [4.69, 9.17) is 4.74 Å². The molecule has 2 aliphatic rings.